The van der Waals surface area contributed by atoms with Gasteiger partial charge in [-0.1, -0.05) is 146 Å². The van der Waals surface area contributed by atoms with Crippen molar-refractivity contribution in [3.05, 3.63) is 200 Å². The van der Waals surface area contributed by atoms with Crippen LogP contribution in [-0.4, -0.2) is 24.1 Å². The maximum atomic E-state index is 5.42. The number of aromatic nitrogens is 5. The number of pyridine rings is 1. The monoisotopic (exact) mass is 739 g/mol. The standard InChI is InChI=1S/C53H33N5/c1-2-13-34(14-3-1)35-24-26-36(27-25-35)52-43-19-6-9-21-46(43)55-53(56-52)58-47-22-10-7-17-40(47)41-29-28-37(31-49(41)58)45-32-50-51(42-18-5-4-16-39(42)45)44-20-8-11-23-48(44)57(50)38-15-12-30-54-33-38/h1-33H. The number of para-hydroxylation sites is 3. The largest absolute Gasteiger partial charge is 0.308 e. The third-order valence-corrected chi connectivity index (χ3v) is 11.6. The molecule has 4 aromatic heterocycles. The van der Waals surface area contributed by atoms with Gasteiger partial charge in [0.1, 0.15) is 0 Å². The molecule has 0 unspecified atom stereocenters. The van der Waals surface area contributed by atoms with Crippen molar-refractivity contribution >= 4 is 65.3 Å². The maximum absolute atomic E-state index is 5.42. The van der Waals surface area contributed by atoms with Gasteiger partial charge in [-0.2, -0.15) is 0 Å². The highest BCUT2D eigenvalue weighted by Crippen LogP contribution is 2.43. The van der Waals surface area contributed by atoms with E-state index in [1.807, 2.05) is 18.5 Å². The number of hydrogen-bond acceptors (Lipinski definition) is 3. The van der Waals surface area contributed by atoms with E-state index in [0.29, 0.717) is 5.95 Å². The lowest BCUT2D eigenvalue weighted by atomic mass is 9.94. The van der Waals surface area contributed by atoms with E-state index in [2.05, 4.69) is 196 Å². The molecule has 270 valence electrons. The van der Waals surface area contributed by atoms with Gasteiger partial charge in [0.2, 0.25) is 5.95 Å². The average molecular weight is 740 g/mol. The van der Waals surface area contributed by atoms with Crippen molar-refractivity contribution in [2.24, 2.45) is 0 Å². The third-order valence-electron chi connectivity index (χ3n) is 11.6. The zero-order valence-electron chi connectivity index (χ0n) is 31.3. The summed E-state index contributed by atoms with van der Waals surface area (Å²) in [5, 5.41) is 8.21. The van der Waals surface area contributed by atoms with Crippen molar-refractivity contribution in [1.29, 1.82) is 0 Å². The van der Waals surface area contributed by atoms with E-state index in [1.165, 1.54) is 32.7 Å². The zero-order chi connectivity index (χ0) is 38.2. The van der Waals surface area contributed by atoms with Gasteiger partial charge in [-0.05, 0) is 75.5 Å². The van der Waals surface area contributed by atoms with Crippen LogP contribution in [0.5, 0.6) is 0 Å². The number of benzene rings is 8. The van der Waals surface area contributed by atoms with E-state index in [9.17, 15) is 0 Å². The quantitative estimate of drug-likeness (QED) is 0.177. The molecule has 0 bridgehead atoms. The Bertz CT molecular complexity index is 3550. The van der Waals surface area contributed by atoms with Crippen molar-refractivity contribution in [2.45, 2.75) is 0 Å². The van der Waals surface area contributed by atoms with Crippen LogP contribution in [0.4, 0.5) is 0 Å². The van der Waals surface area contributed by atoms with Crippen LogP contribution < -0.4 is 0 Å². The molecule has 0 spiro atoms. The molecule has 0 atom stereocenters. The van der Waals surface area contributed by atoms with Crippen LogP contribution in [-0.2, 0) is 0 Å². The lowest BCUT2D eigenvalue weighted by Gasteiger charge is -2.14. The Kier molecular flexibility index (Phi) is 7.16. The Labute approximate surface area is 333 Å². The van der Waals surface area contributed by atoms with Crippen molar-refractivity contribution in [1.82, 2.24) is 24.1 Å². The summed E-state index contributed by atoms with van der Waals surface area (Å²) >= 11 is 0. The second kappa shape index (κ2) is 12.8. The maximum Gasteiger partial charge on any atom is 0.235 e. The molecule has 0 aliphatic carbocycles. The molecule has 5 heteroatoms. The Morgan fingerprint density at radius 3 is 1.78 bits per heavy atom. The fourth-order valence-corrected chi connectivity index (χ4v) is 9.02. The first kappa shape index (κ1) is 32.4. The number of fused-ring (bicyclic) bond motifs is 9. The van der Waals surface area contributed by atoms with Crippen LogP contribution in [0.25, 0.3) is 110 Å². The van der Waals surface area contributed by atoms with Crippen LogP contribution >= 0.6 is 0 Å². The van der Waals surface area contributed by atoms with Crippen LogP contribution in [0.2, 0.25) is 0 Å². The summed E-state index contributed by atoms with van der Waals surface area (Å²) in [6.45, 7) is 0. The van der Waals surface area contributed by atoms with E-state index in [4.69, 9.17) is 9.97 Å². The molecular weight excluding hydrogens is 707 g/mol. The van der Waals surface area contributed by atoms with Gasteiger partial charge in [-0.15, -0.1) is 0 Å². The van der Waals surface area contributed by atoms with Crippen molar-refractivity contribution in [2.75, 3.05) is 0 Å². The molecular formula is C53H33N5. The lowest BCUT2D eigenvalue weighted by Crippen LogP contribution is -2.03. The predicted molar refractivity (Wildman–Crippen MR) is 240 cm³/mol. The second-order valence-corrected chi connectivity index (χ2v) is 14.8. The topological polar surface area (TPSA) is 48.5 Å². The average Bonchev–Trinajstić information content (AvgIpc) is 3.81. The van der Waals surface area contributed by atoms with E-state index >= 15 is 0 Å². The van der Waals surface area contributed by atoms with Gasteiger partial charge in [-0.3, -0.25) is 9.55 Å². The first-order valence-corrected chi connectivity index (χ1v) is 19.6. The molecule has 0 amide bonds. The Morgan fingerprint density at radius 1 is 0.362 bits per heavy atom. The minimum atomic E-state index is 0.640. The van der Waals surface area contributed by atoms with Crippen molar-refractivity contribution in [3.8, 4) is 45.1 Å². The third kappa shape index (κ3) is 4.93. The van der Waals surface area contributed by atoms with Gasteiger partial charge in [0.05, 0.1) is 45.2 Å². The van der Waals surface area contributed by atoms with Crippen molar-refractivity contribution < 1.29 is 0 Å². The Hall–Kier alpha value is -7.89. The smallest absolute Gasteiger partial charge is 0.235 e. The predicted octanol–water partition coefficient (Wildman–Crippen LogP) is 13.4. The van der Waals surface area contributed by atoms with Gasteiger partial charge in [0, 0.05) is 38.7 Å². The van der Waals surface area contributed by atoms with Crippen LogP contribution in [0.1, 0.15) is 0 Å². The van der Waals surface area contributed by atoms with Gasteiger partial charge in [0.25, 0.3) is 0 Å². The molecule has 0 aliphatic rings. The van der Waals surface area contributed by atoms with Crippen LogP contribution in [0.3, 0.4) is 0 Å². The molecule has 0 N–H and O–H groups in total. The molecule has 8 aromatic carbocycles. The molecule has 5 nitrogen and oxygen atoms in total. The molecule has 0 radical (unpaired) electrons. The highest BCUT2D eigenvalue weighted by molar-refractivity contribution is 6.24. The van der Waals surface area contributed by atoms with Crippen LogP contribution in [0, 0.1) is 0 Å². The summed E-state index contributed by atoms with van der Waals surface area (Å²) in [5.74, 6) is 0.640. The van der Waals surface area contributed by atoms with E-state index in [-0.39, 0.29) is 0 Å². The fraction of sp³-hybridized carbons (Fsp3) is 0. The lowest BCUT2D eigenvalue weighted by molar-refractivity contribution is 1.01. The molecule has 58 heavy (non-hydrogen) atoms. The Morgan fingerprint density at radius 2 is 0.983 bits per heavy atom. The van der Waals surface area contributed by atoms with Crippen molar-refractivity contribution in [3.63, 3.8) is 0 Å². The Balaban J connectivity index is 1.11. The zero-order valence-corrected chi connectivity index (χ0v) is 31.3. The molecule has 0 saturated heterocycles. The minimum absolute atomic E-state index is 0.640. The molecule has 12 aromatic rings. The van der Waals surface area contributed by atoms with Gasteiger partial charge in [-0.25, -0.2) is 9.97 Å². The first-order valence-electron chi connectivity index (χ1n) is 19.6. The number of nitrogens with zero attached hydrogens (tertiary/aromatic N) is 5. The summed E-state index contributed by atoms with van der Waals surface area (Å²) in [4.78, 5) is 15.2. The molecule has 0 saturated carbocycles. The second-order valence-electron chi connectivity index (χ2n) is 14.8. The minimum Gasteiger partial charge on any atom is -0.308 e. The molecule has 0 aliphatic heterocycles. The molecule has 12 rings (SSSR count). The summed E-state index contributed by atoms with van der Waals surface area (Å²) in [5.41, 5.74) is 12.9. The normalized spacial score (nSPS) is 11.8. The number of rotatable bonds is 5. The van der Waals surface area contributed by atoms with E-state index < -0.39 is 0 Å². The van der Waals surface area contributed by atoms with Gasteiger partial charge in [0.15, 0.2) is 0 Å². The van der Waals surface area contributed by atoms with Gasteiger partial charge < -0.3 is 4.57 Å². The number of hydrogen-bond donors (Lipinski definition) is 0. The van der Waals surface area contributed by atoms with E-state index in [1.54, 1.807) is 0 Å². The summed E-state index contributed by atoms with van der Waals surface area (Å²) in [7, 11) is 0. The highest BCUT2D eigenvalue weighted by atomic mass is 15.2. The summed E-state index contributed by atoms with van der Waals surface area (Å²) in [6, 6.07) is 67.0. The summed E-state index contributed by atoms with van der Waals surface area (Å²) in [6.07, 6.45) is 3.77. The molecule has 0 fully saturated rings. The summed E-state index contributed by atoms with van der Waals surface area (Å²) < 4.78 is 4.59. The SMILES string of the molecule is c1ccc(-c2ccc(-c3nc(-n4c5ccccc5c5ccc(-c6cc7c(c8ccccc68)c6ccccc6n7-c6cccnc6)cc54)nc4ccccc34)cc2)cc1. The fourth-order valence-electron chi connectivity index (χ4n) is 9.02. The van der Waals surface area contributed by atoms with Crippen LogP contribution in [0.15, 0.2) is 200 Å². The molecule has 4 heterocycles. The van der Waals surface area contributed by atoms with E-state index in [0.717, 1.165) is 71.8 Å². The first-order chi connectivity index (χ1) is 28.8. The van der Waals surface area contributed by atoms with Gasteiger partial charge >= 0.3 is 0 Å². The highest BCUT2D eigenvalue weighted by Gasteiger charge is 2.21.